The molecule has 1 N–H and O–H groups in total. The van der Waals surface area contributed by atoms with Crippen LogP contribution in [0.2, 0.25) is 0 Å². The fourth-order valence-electron chi connectivity index (χ4n) is 2.47. The molecule has 1 fully saturated rings. The second-order valence-corrected chi connectivity index (χ2v) is 7.06. The number of sulfonamides is 1. The minimum absolute atomic E-state index is 0.00198. The Kier molecular flexibility index (Phi) is 5.74. The molecule has 2 rings (SSSR count). The Morgan fingerprint density at radius 3 is 3.05 bits per heavy atom. The molecule has 120 valence electrons. The van der Waals surface area contributed by atoms with Crippen LogP contribution in [0.25, 0.3) is 0 Å². The summed E-state index contributed by atoms with van der Waals surface area (Å²) in [7, 11) is -1.62. The molecule has 1 atom stereocenters. The lowest BCUT2D eigenvalue weighted by Gasteiger charge is -2.31. The maximum absolute atomic E-state index is 12.6. The quantitative estimate of drug-likeness (QED) is 0.782. The summed E-state index contributed by atoms with van der Waals surface area (Å²) in [6.45, 7) is 4.91. The summed E-state index contributed by atoms with van der Waals surface area (Å²) >= 11 is 0. The summed E-state index contributed by atoms with van der Waals surface area (Å²) in [5.41, 5.74) is 0. The van der Waals surface area contributed by atoms with Crippen LogP contribution in [0, 0.1) is 0 Å². The highest BCUT2D eigenvalue weighted by Gasteiger charge is 2.31. The zero-order valence-electron chi connectivity index (χ0n) is 12.7. The van der Waals surface area contributed by atoms with Crippen molar-refractivity contribution in [3.63, 3.8) is 0 Å². The summed E-state index contributed by atoms with van der Waals surface area (Å²) < 4.78 is 34.0. The molecule has 0 amide bonds. The average Bonchev–Trinajstić information content (AvgIpc) is 2.95. The third-order valence-corrected chi connectivity index (χ3v) is 5.40. The van der Waals surface area contributed by atoms with E-state index in [-0.39, 0.29) is 11.0 Å². The number of piperidine rings is 1. The highest BCUT2D eigenvalue weighted by molar-refractivity contribution is 7.89. The standard InChI is InChI=1S/C13H24N4O3S/c1-3-20-12-5-4-7-17(10-12)21(18,19)13-9-15-16(11-13)8-6-14-2/h9,11-12,14H,3-8,10H2,1-2H3. The van der Waals surface area contributed by atoms with Gasteiger partial charge in [0.1, 0.15) is 4.90 Å². The Balaban J connectivity index is 2.08. The monoisotopic (exact) mass is 316 g/mol. The highest BCUT2D eigenvalue weighted by atomic mass is 32.2. The van der Waals surface area contributed by atoms with Gasteiger partial charge in [0.05, 0.1) is 18.8 Å². The van der Waals surface area contributed by atoms with E-state index in [9.17, 15) is 8.42 Å². The Hall–Kier alpha value is -0.960. The van der Waals surface area contributed by atoms with E-state index in [0.29, 0.717) is 26.2 Å². The molecule has 1 saturated heterocycles. The maximum Gasteiger partial charge on any atom is 0.246 e. The van der Waals surface area contributed by atoms with Crippen molar-refractivity contribution in [3.8, 4) is 0 Å². The minimum Gasteiger partial charge on any atom is -0.377 e. The van der Waals surface area contributed by atoms with Crippen molar-refractivity contribution < 1.29 is 13.2 Å². The third kappa shape index (κ3) is 4.03. The zero-order valence-corrected chi connectivity index (χ0v) is 13.5. The molecule has 1 aromatic heterocycles. The molecule has 0 bridgehead atoms. The summed E-state index contributed by atoms with van der Waals surface area (Å²) in [6, 6.07) is 0. The SMILES string of the molecule is CCOC1CCCN(S(=O)(=O)c2cnn(CCNC)c2)C1. The number of hydrogen-bond donors (Lipinski definition) is 1. The Morgan fingerprint density at radius 1 is 1.52 bits per heavy atom. The molecule has 1 aromatic rings. The number of hydrogen-bond acceptors (Lipinski definition) is 5. The van der Waals surface area contributed by atoms with E-state index in [4.69, 9.17) is 4.74 Å². The molecule has 21 heavy (non-hydrogen) atoms. The molecule has 7 nitrogen and oxygen atoms in total. The average molecular weight is 316 g/mol. The van der Waals surface area contributed by atoms with Crippen molar-refractivity contribution in [2.45, 2.75) is 37.3 Å². The maximum atomic E-state index is 12.6. The molecule has 1 aliphatic rings. The molecule has 8 heteroatoms. The lowest BCUT2D eigenvalue weighted by Crippen LogP contribution is -2.43. The van der Waals surface area contributed by atoms with Crippen LogP contribution in [0.3, 0.4) is 0 Å². The van der Waals surface area contributed by atoms with Gasteiger partial charge >= 0.3 is 0 Å². The Labute approximate surface area is 126 Å². The number of aromatic nitrogens is 2. The Morgan fingerprint density at radius 2 is 2.33 bits per heavy atom. The number of likely N-dealkylation sites (N-methyl/N-ethyl adjacent to an activating group) is 1. The van der Waals surface area contributed by atoms with Crippen LogP contribution >= 0.6 is 0 Å². The number of rotatable bonds is 7. The van der Waals surface area contributed by atoms with Crippen LogP contribution in [0.1, 0.15) is 19.8 Å². The topological polar surface area (TPSA) is 76.5 Å². The van der Waals surface area contributed by atoms with Gasteiger partial charge in [-0.1, -0.05) is 0 Å². The van der Waals surface area contributed by atoms with Gasteiger partial charge in [0.25, 0.3) is 0 Å². The van der Waals surface area contributed by atoms with Gasteiger partial charge in [0.15, 0.2) is 0 Å². The van der Waals surface area contributed by atoms with Gasteiger partial charge in [0.2, 0.25) is 10.0 Å². The van der Waals surface area contributed by atoms with E-state index in [1.54, 1.807) is 10.9 Å². The van der Waals surface area contributed by atoms with Gasteiger partial charge in [-0.2, -0.15) is 9.40 Å². The molecule has 1 unspecified atom stereocenters. The lowest BCUT2D eigenvalue weighted by molar-refractivity contribution is 0.0265. The molecule has 0 aliphatic carbocycles. The minimum atomic E-state index is -3.47. The van der Waals surface area contributed by atoms with Crippen molar-refractivity contribution in [2.75, 3.05) is 33.3 Å². The van der Waals surface area contributed by atoms with Crippen LogP contribution in [0.5, 0.6) is 0 Å². The van der Waals surface area contributed by atoms with E-state index in [1.165, 1.54) is 10.5 Å². The number of nitrogens with one attached hydrogen (secondary N) is 1. The van der Waals surface area contributed by atoms with E-state index in [2.05, 4.69) is 10.4 Å². The fourth-order valence-corrected chi connectivity index (χ4v) is 3.94. The predicted molar refractivity (Wildman–Crippen MR) is 79.6 cm³/mol. The molecule has 0 spiro atoms. The van der Waals surface area contributed by atoms with E-state index >= 15 is 0 Å². The second-order valence-electron chi connectivity index (χ2n) is 5.13. The van der Waals surface area contributed by atoms with Gasteiger partial charge in [-0.3, -0.25) is 4.68 Å². The molecular formula is C13H24N4O3S. The molecule has 0 saturated carbocycles. The van der Waals surface area contributed by atoms with Crippen LogP contribution in [-0.4, -0.2) is 61.9 Å². The van der Waals surface area contributed by atoms with Gasteiger partial charge in [-0.05, 0) is 26.8 Å². The molecule has 1 aliphatic heterocycles. The van der Waals surface area contributed by atoms with Crippen LogP contribution < -0.4 is 5.32 Å². The number of nitrogens with zero attached hydrogens (tertiary/aromatic N) is 3. The predicted octanol–water partition coefficient (Wildman–Crippen LogP) is 0.292. The van der Waals surface area contributed by atoms with Gasteiger partial charge in [-0.25, -0.2) is 8.42 Å². The van der Waals surface area contributed by atoms with Crippen molar-refractivity contribution >= 4 is 10.0 Å². The summed E-state index contributed by atoms with van der Waals surface area (Å²) in [4.78, 5) is 0.260. The summed E-state index contributed by atoms with van der Waals surface area (Å²) in [5, 5.41) is 7.12. The summed E-state index contributed by atoms with van der Waals surface area (Å²) in [5.74, 6) is 0. The first kappa shape index (κ1) is 16.4. The van der Waals surface area contributed by atoms with Crippen LogP contribution in [0.4, 0.5) is 0 Å². The van der Waals surface area contributed by atoms with Crippen molar-refractivity contribution in [2.24, 2.45) is 0 Å². The highest BCUT2D eigenvalue weighted by Crippen LogP contribution is 2.21. The Bertz CT molecular complexity index is 541. The van der Waals surface area contributed by atoms with Crippen molar-refractivity contribution in [1.29, 1.82) is 0 Å². The van der Waals surface area contributed by atoms with E-state index in [1.807, 2.05) is 14.0 Å². The fraction of sp³-hybridized carbons (Fsp3) is 0.769. The summed E-state index contributed by atoms with van der Waals surface area (Å²) in [6.07, 6.45) is 4.77. The van der Waals surface area contributed by atoms with Crippen molar-refractivity contribution in [1.82, 2.24) is 19.4 Å². The zero-order chi connectivity index (χ0) is 15.3. The second kappa shape index (κ2) is 7.35. The first-order valence-electron chi connectivity index (χ1n) is 7.36. The molecule has 2 heterocycles. The normalized spacial score (nSPS) is 20.8. The first-order chi connectivity index (χ1) is 10.1. The first-order valence-corrected chi connectivity index (χ1v) is 8.80. The third-order valence-electron chi connectivity index (χ3n) is 3.58. The van der Waals surface area contributed by atoms with Crippen molar-refractivity contribution in [3.05, 3.63) is 12.4 Å². The molecular weight excluding hydrogens is 292 g/mol. The molecule has 0 aromatic carbocycles. The van der Waals surface area contributed by atoms with Gasteiger partial charge in [-0.15, -0.1) is 0 Å². The van der Waals surface area contributed by atoms with Crippen LogP contribution in [-0.2, 0) is 21.3 Å². The smallest absolute Gasteiger partial charge is 0.246 e. The largest absolute Gasteiger partial charge is 0.377 e. The van der Waals surface area contributed by atoms with E-state index in [0.717, 1.165) is 19.4 Å². The van der Waals surface area contributed by atoms with Gasteiger partial charge in [0, 0.05) is 32.4 Å². The lowest BCUT2D eigenvalue weighted by atomic mass is 10.1. The van der Waals surface area contributed by atoms with Crippen LogP contribution in [0.15, 0.2) is 17.3 Å². The number of ether oxygens (including phenoxy) is 1. The van der Waals surface area contributed by atoms with E-state index < -0.39 is 10.0 Å². The molecule has 0 radical (unpaired) electrons. The van der Waals surface area contributed by atoms with Gasteiger partial charge < -0.3 is 10.1 Å².